The van der Waals surface area contributed by atoms with Crippen molar-refractivity contribution in [3.63, 3.8) is 0 Å². The minimum atomic E-state index is 0. The Morgan fingerprint density at radius 1 is 1.43 bits per heavy atom. The highest BCUT2D eigenvalue weighted by atomic mass is 35.5. The molecule has 0 aromatic carbocycles. The van der Waals surface area contributed by atoms with E-state index in [1.165, 1.54) is 21.7 Å². The van der Waals surface area contributed by atoms with E-state index in [4.69, 9.17) is 5.73 Å². The molecule has 1 atom stereocenters. The number of aryl methyl sites for hydroxylation is 1. The van der Waals surface area contributed by atoms with Gasteiger partial charge in [-0.05, 0) is 37.1 Å². The fourth-order valence-corrected chi connectivity index (χ4v) is 3.84. The molecule has 0 spiro atoms. The van der Waals surface area contributed by atoms with E-state index in [2.05, 4.69) is 35.3 Å². The van der Waals surface area contributed by atoms with Crippen molar-refractivity contribution >= 4 is 23.7 Å². The second-order valence-corrected chi connectivity index (χ2v) is 7.31. The summed E-state index contributed by atoms with van der Waals surface area (Å²) in [4.78, 5) is 5.24. The maximum Gasteiger partial charge on any atom is 0.0576 e. The van der Waals surface area contributed by atoms with Crippen LogP contribution in [0.4, 0.5) is 0 Å². The molecule has 0 bridgehead atoms. The number of nitrogens with two attached hydrogens (primary N) is 1. The van der Waals surface area contributed by atoms with E-state index in [1.807, 2.05) is 29.3 Å². The van der Waals surface area contributed by atoms with Crippen molar-refractivity contribution in [1.29, 1.82) is 0 Å². The number of halogens is 1. The largest absolute Gasteiger partial charge is 0.330 e. The van der Waals surface area contributed by atoms with E-state index < -0.39 is 0 Å². The Morgan fingerprint density at radius 3 is 2.86 bits per heavy atom. The summed E-state index contributed by atoms with van der Waals surface area (Å²) in [6.45, 7) is 6.40. The Hall–Kier alpha value is -0.880. The van der Waals surface area contributed by atoms with Gasteiger partial charge in [-0.1, -0.05) is 6.92 Å². The standard InChI is InChI=1S/C15H22N4S.ClH/c1-15(10-16)5-6-19(11-15)9-13-3-4-14(20-13)12-7-17-18(2)8-12;/h3-4,7-8H,5-6,9-11,16H2,1-2H3;1H. The molecule has 2 N–H and O–H groups in total. The lowest BCUT2D eigenvalue weighted by molar-refractivity contribution is 0.276. The number of nitrogens with zero attached hydrogens (tertiary/aromatic N) is 3. The van der Waals surface area contributed by atoms with Crippen molar-refractivity contribution in [2.75, 3.05) is 19.6 Å². The molecule has 2 aromatic heterocycles. The van der Waals surface area contributed by atoms with E-state index in [9.17, 15) is 0 Å². The zero-order chi connectivity index (χ0) is 14.2. The molecule has 1 fully saturated rings. The molecule has 2 aromatic rings. The third kappa shape index (κ3) is 3.66. The average Bonchev–Trinajstić information content (AvgIpc) is 3.12. The first-order valence-corrected chi connectivity index (χ1v) is 7.90. The van der Waals surface area contributed by atoms with Crippen LogP contribution in [0.3, 0.4) is 0 Å². The molecule has 0 radical (unpaired) electrons. The van der Waals surface area contributed by atoms with Crippen LogP contribution >= 0.6 is 23.7 Å². The van der Waals surface area contributed by atoms with Gasteiger partial charge in [0.1, 0.15) is 0 Å². The van der Waals surface area contributed by atoms with E-state index in [1.54, 1.807) is 0 Å². The molecule has 1 aliphatic rings. The second kappa shape index (κ2) is 6.48. The number of hydrogen-bond acceptors (Lipinski definition) is 4. The van der Waals surface area contributed by atoms with Gasteiger partial charge in [0.25, 0.3) is 0 Å². The maximum absolute atomic E-state index is 5.87. The van der Waals surface area contributed by atoms with Crippen LogP contribution in [0.15, 0.2) is 24.5 Å². The van der Waals surface area contributed by atoms with Gasteiger partial charge in [-0.3, -0.25) is 9.58 Å². The zero-order valence-electron chi connectivity index (χ0n) is 12.6. The van der Waals surface area contributed by atoms with Gasteiger partial charge in [0.2, 0.25) is 0 Å². The van der Waals surface area contributed by atoms with Gasteiger partial charge in [0, 0.05) is 41.7 Å². The minimum absolute atomic E-state index is 0. The van der Waals surface area contributed by atoms with Crippen molar-refractivity contribution in [1.82, 2.24) is 14.7 Å². The number of aromatic nitrogens is 2. The van der Waals surface area contributed by atoms with Gasteiger partial charge in [0.05, 0.1) is 6.20 Å². The predicted octanol–water partition coefficient (Wildman–Crippen LogP) is 2.74. The molecule has 0 saturated carbocycles. The first-order valence-electron chi connectivity index (χ1n) is 7.08. The van der Waals surface area contributed by atoms with Crippen LogP contribution in [0, 0.1) is 5.41 Å². The van der Waals surface area contributed by atoms with E-state index in [-0.39, 0.29) is 12.4 Å². The molecule has 1 aliphatic heterocycles. The van der Waals surface area contributed by atoms with Gasteiger partial charge in [-0.15, -0.1) is 23.7 Å². The molecule has 3 rings (SSSR count). The summed E-state index contributed by atoms with van der Waals surface area (Å²) in [6.07, 6.45) is 5.21. The minimum Gasteiger partial charge on any atom is -0.330 e. The first kappa shape index (κ1) is 16.5. The van der Waals surface area contributed by atoms with Crippen molar-refractivity contribution in [3.8, 4) is 10.4 Å². The molecule has 0 aliphatic carbocycles. The molecule has 0 amide bonds. The highest BCUT2D eigenvalue weighted by Crippen LogP contribution is 2.32. The third-order valence-corrected chi connectivity index (χ3v) is 5.28. The lowest BCUT2D eigenvalue weighted by Gasteiger charge is -2.22. The summed E-state index contributed by atoms with van der Waals surface area (Å²) in [6, 6.07) is 4.44. The van der Waals surface area contributed by atoms with Crippen molar-refractivity contribution in [2.24, 2.45) is 18.2 Å². The molecule has 1 unspecified atom stereocenters. The molecular weight excluding hydrogens is 304 g/mol. The lowest BCUT2D eigenvalue weighted by Crippen LogP contribution is -2.30. The van der Waals surface area contributed by atoms with Crippen LogP contribution in [-0.2, 0) is 13.6 Å². The number of likely N-dealkylation sites (tertiary alicyclic amines) is 1. The van der Waals surface area contributed by atoms with Crippen LogP contribution in [0.5, 0.6) is 0 Å². The number of hydrogen-bond donors (Lipinski definition) is 1. The summed E-state index contributed by atoms with van der Waals surface area (Å²) >= 11 is 1.87. The molecule has 3 heterocycles. The normalized spacial score (nSPS) is 22.4. The zero-order valence-corrected chi connectivity index (χ0v) is 14.2. The third-order valence-electron chi connectivity index (χ3n) is 4.16. The highest BCUT2D eigenvalue weighted by molar-refractivity contribution is 7.15. The Labute approximate surface area is 136 Å². The summed E-state index contributed by atoms with van der Waals surface area (Å²) < 4.78 is 1.85. The predicted molar refractivity (Wildman–Crippen MR) is 90.8 cm³/mol. The molecule has 6 heteroatoms. The van der Waals surface area contributed by atoms with Crippen LogP contribution < -0.4 is 5.73 Å². The van der Waals surface area contributed by atoms with Crippen LogP contribution in [0.2, 0.25) is 0 Å². The van der Waals surface area contributed by atoms with Gasteiger partial charge in [-0.2, -0.15) is 5.10 Å². The summed E-state index contributed by atoms with van der Waals surface area (Å²) in [5.41, 5.74) is 7.39. The smallest absolute Gasteiger partial charge is 0.0576 e. The Morgan fingerprint density at radius 2 is 2.24 bits per heavy atom. The van der Waals surface area contributed by atoms with Gasteiger partial charge in [-0.25, -0.2) is 0 Å². The van der Waals surface area contributed by atoms with Crippen molar-refractivity contribution in [3.05, 3.63) is 29.4 Å². The van der Waals surface area contributed by atoms with Crippen LogP contribution in [0.1, 0.15) is 18.2 Å². The SMILES string of the molecule is Cl.Cn1cc(-c2ccc(CN3CCC(C)(CN)C3)s2)cn1. The van der Waals surface area contributed by atoms with Crippen molar-refractivity contribution < 1.29 is 0 Å². The quantitative estimate of drug-likeness (QED) is 0.939. The molecule has 21 heavy (non-hydrogen) atoms. The van der Waals surface area contributed by atoms with E-state index in [0.29, 0.717) is 5.41 Å². The van der Waals surface area contributed by atoms with E-state index >= 15 is 0 Å². The Kier molecular flexibility index (Phi) is 5.09. The van der Waals surface area contributed by atoms with Crippen LogP contribution in [0.25, 0.3) is 10.4 Å². The van der Waals surface area contributed by atoms with Crippen LogP contribution in [-0.4, -0.2) is 34.3 Å². The van der Waals surface area contributed by atoms with Gasteiger partial charge < -0.3 is 5.73 Å². The molecular formula is C15H23ClN4S. The number of thiophene rings is 1. The highest BCUT2D eigenvalue weighted by Gasteiger charge is 2.32. The monoisotopic (exact) mass is 326 g/mol. The molecule has 1 saturated heterocycles. The molecule has 4 nitrogen and oxygen atoms in total. The summed E-state index contributed by atoms with van der Waals surface area (Å²) in [5, 5.41) is 4.23. The van der Waals surface area contributed by atoms with E-state index in [0.717, 1.165) is 26.2 Å². The number of rotatable bonds is 4. The van der Waals surface area contributed by atoms with Gasteiger partial charge >= 0.3 is 0 Å². The second-order valence-electron chi connectivity index (χ2n) is 6.14. The fraction of sp³-hybridized carbons (Fsp3) is 0.533. The summed E-state index contributed by atoms with van der Waals surface area (Å²) in [7, 11) is 1.95. The lowest BCUT2D eigenvalue weighted by atomic mass is 9.90. The fourth-order valence-electron chi connectivity index (χ4n) is 2.81. The Bertz CT molecular complexity index is 594. The van der Waals surface area contributed by atoms with Gasteiger partial charge in [0.15, 0.2) is 0 Å². The topological polar surface area (TPSA) is 47.1 Å². The maximum atomic E-state index is 5.87. The Balaban J connectivity index is 0.00000161. The first-order chi connectivity index (χ1) is 9.58. The molecule has 116 valence electrons. The average molecular weight is 327 g/mol. The summed E-state index contributed by atoms with van der Waals surface area (Å²) in [5.74, 6) is 0. The van der Waals surface area contributed by atoms with Crippen molar-refractivity contribution in [2.45, 2.75) is 19.9 Å².